The zero-order valence-corrected chi connectivity index (χ0v) is 18.5. The molecule has 0 bridgehead atoms. The molecule has 31 heavy (non-hydrogen) atoms. The average Bonchev–Trinajstić information content (AvgIpc) is 3.06. The van der Waals surface area contributed by atoms with Crippen LogP contribution >= 0.6 is 11.8 Å². The topological polar surface area (TPSA) is 85.8 Å². The molecule has 3 rings (SSSR count). The Labute approximate surface area is 186 Å². The van der Waals surface area contributed by atoms with Crippen LogP contribution in [0, 0.1) is 0 Å². The van der Waals surface area contributed by atoms with Crippen LogP contribution in [0.5, 0.6) is 5.75 Å². The number of rotatable bonds is 9. The molecule has 7 nitrogen and oxygen atoms in total. The predicted molar refractivity (Wildman–Crippen MR) is 118 cm³/mol. The molecule has 0 aliphatic carbocycles. The molecule has 0 spiro atoms. The zero-order valence-electron chi connectivity index (χ0n) is 17.7. The van der Waals surface area contributed by atoms with Crippen LogP contribution in [-0.2, 0) is 28.8 Å². The smallest absolute Gasteiger partial charge is 0.424 e. The normalized spacial score (nSPS) is 15.9. The maximum atomic E-state index is 12.5. The zero-order chi connectivity index (χ0) is 22.2. The summed E-state index contributed by atoms with van der Waals surface area (Å²) in [5.74, 6) is 0.193. The number of hydrogen-bond acceptors (Lipinski definition) is 7. The van der Waals surface area contributed by atoms with Gasteiger partial charge in [-0.15, -0.1) is 0 Å². The van der Waals surface area contributed by atoms with E-state index in [1.54, 1.807) is 0 Å². The summed E-state index contributed by atoms with van der Waals surface area (Å²) < 4.78 is 10.7. The van der Waals surface area contributed by atoms with Crippen molar-refractivity contribution in [1.29, 1.82) is 0 Å². The first kappa shape index (κ1) is 22.8. The molecule has 8 heteroatoms. The maximum absolute atomic E-state index is 12.5. The van der Waals surface area contributed by atoms with Crippen LogP contribution in [0.4, 0.5) is 9.59 Å². The number of aromatic nitrogens is 1. The molecule has 3 amide bonds. The van der Waals surface area contributed by atoms with E-state index < -0.39 is 22.5 Å². The molecular weight excluding hydrogens is 416 g/mol. The minimum Gasteiger partial charge on any atom is -0.493 e. The molecule has 1 aliphatic heterocycles. The predicted octanol–water partition coefficient (Wildman–Crippen LogP) is 4.42. The third-order valence-corrected chi connectivity index (χ3v) is 5.84. The second-order valence-electron chi connectivity index (χ2n) is 7.12. The van der Waals surface area contributed by atoms with Gasteiger partial charge in [-0.05, 0) is 60.4 Å². The van der Waals surface area contributed by atoms with E-state index in [2.05, 4.69) is 18.0 Å². The van der Waals surface area contributed by atoms with Gasteiger partial charge < -0.3 is 9.47 Å². The molecule has 1 aromatic heterocycles. The van der Waals surface area contributed by atoms with Crippen LogP contribution in [0.3, 0.4) is 0 Å². The van der Waals surface area contributed by atoms with Crippen molar-refractivity contribution in [2.75, 3.05) is 13.2 Å². The minimum atomic E-state index is -0.894. The largest absolute Gasteiger partial charge is 0.493 e. The first-order chi connectivity index (χ1) is 15.0. The molecule has 1 aromatic carbocycles. The number of ether oxygens (including phenoxy) is 2. The molecule has 2 heterocycles. The Morgan fingerprint density at radius 1 is 1.06 bits per heavy atom. The fourth-order valence-corrected chi connectivity index (χ4v) is 4.02. The lowest BCUT2D eigenvalue weighted by Crippen LogP contribution is -2.38. The summed E-state index contributed by atoms with van der Waals surface area (Å²) in [5.41, 5.74) is 3.07. The van der Waals surface area contributed by atoms with Gasteiger partial charge in [0.1, 0.15) is 5.75 Å². The Bertz CT molecular complexity index is 915. The van der Waals surface area contributed by atoms with Gasteiger partial charge in [0.2, 0.25) is 0 Å². The Morgan fingerprint density at radius 3 is 2.45 bits per heavy atom. The molecule has 164 valence electrons. The highest BCUT2D eigenvalue weighted by molar-refractivity contribution is 8.15. The van der Waals surface area contributed by atoms with Crippen molar-refractivity contribution in [3.8, 4) is 5.75 Å². The number of pyridine rings is 1. The quantitative estimate of drug-likeness (QED) is 0.568. The Kier molecular flexibility index (Phi) is 8.06. The first-order valence-corrected chi connectivity index (χ1v) is 11.3. The van der Waals surface area contributed by atoms with Crippen molar-refractivity contribution in [1.82, 2.24) is 9.88 Å². The highest BCUT2D eigenvalue weighted by atomic mass is 32.2. The van der Waals surface area contributed by atoms with Crippen LogP contribution in [0.25, 0.3) is 0 Å². The van der Waals surface area contributed by atoms with E-state index in [0.29, 0.717) is 30.8 Å². The standard InChI is InChI=1S/C23H26N2O5S/c1-3-12-30-22(27)25-21(26)20(31-23(25)28)14-17-6-9-19(10-7-17)29-13-11-18-8-5-16(4-2)15-24-18/h5-10,15,20H,3-4,11-14H2,1-2H3. The van der Waals surface area contributed by atoms with Gasteiger partial charge in [-0.2, -0.15) is 4.90 Å². The van der Waals surface area contributed by atoms with Crippen LogP contribution < -0.4 is 4.74 Å². The first-order valence-electron chi connectivity index (χ1n) is 10.4. The fraction of sp³-hybridized carbons (Fsp3) is 0.391. The molecule has 2 aromatic rings. The molecule has 1 fully saturated rings. The summed E-state index contributed by atoms with van der Waals surface area (Å²) in [7, 11) is 0. The van der Waals surface area contributed by atoms with E-state index in [-0.39, 0.29) is 6.61 Å². The molecular formula is C23H26N2O5S. The van der Waals surface area contributed by atoms with Gasteiger partial charge in [0.15, 0.2) is 0 Å². The van der Waals surface area contributed by atoms with Gasteiger partial charge in [-0.3, -0.25) is 14.6 Å². The molecule has 0 radical (unpaired) electrons. The van der Waals surface area contributed by atoms with Gasteiger partial charge in [0.25, 0.3) is 11.1 Å². The van der Waals surface area contributed by atoms with E-state index in [4.69, 9.17) is 9.47 Å². The van der Waals surface area contributed by atoms with Crippen molar-refractivity contribution >= 4 is 29.0 Å². The van der Waals surface area contributed by atoms with Gasteiger partial charge >= 0.3 is 6.09 Å². The maximum Gasteiger partial charge on any atom is 0.424 e. The number of carbonyl (C=O) groups is 3. The monoisotopic (exact) mass is 442 g/mol. The summed E-state index contributed by atoms with van der Waals surface area (Å²) in [5, 5.41) is -1.22. The van der Waals surface area contributed by atoms with E-state index in [9.17, 15) is 14.4 Å². The molecule has 1 atom stereocenters. The summed E-state index contributed by atoms with van der Waals surface area (Å²) >= 11 is 0.855. The van der Waals surface area contributed by atoms with Crippen LogP contribution in [0.1, 0.15) is 37.1 Å². The summed E-state index contributed by atoms with van der Waals surface area (Å²) in [4.78, 5) is 41.5. The summed E-state index contributed by atoms with van der Waals surface area (Å²) in [6, 6.07) is 11.5. The van der Waals surface area contributed by atoms with Gasteiger partial charge in [0, 0.05) is 18.3 Å². The van der Waals surface area contributed by atoms with Crippen molar-refractivity contribution in [3.05, 3.63) is 59.4 Å². The molecule has 1 saturated heterocycles. The number of imide groups is 3. The van der Waals surface area contributed by atoms with Crippen molar-refractivity contribution in [3.63, 3.8) is 0 Å². The molecule has 1 aliphatic rings. The van der Waals surface area contributed by atoms with Crippen molar-refractivity contribution < 1.29 is 23.9 Å². The SMILES string of the molecule is CCCOC(=O)N1C(=O)SC(Cc2ccc(OCCc3ccc(CC)cn3)cc2)C1=O. The van der Waals surface area contributed by atoms with Gasteiger partial charge in [-0.1, -0.05) is 32.0 Å². The number of amides is 3. The molecule has 0 N–H and O–H groups in total. The fourth-order valence-electron chi connectivity index (χ4n) is 3.03. The number of hydrogen-bond donors (Lipinski definition) is 0. The Morgan fingerprint density at radius 2 is 1.81 bits per heavy atom. The molecule has 0 saturated carbocycles. The Balaban J connectivity index is 1.49. The third-order valence-electron chi connectivity index (χ3n) is 4.80. The number of benzene rings is 1. The lowest BCUT2D eigenvalue weighted by Gasteiger charge is -2.12. The highest BCUT2D eigenvalue weighted by Crippen LogP contribution is 2.30. The average molecular weight is 443 g/mol. The summed E-state index contributed by atoms with van der Waals surface area (Å²) in [6.45, 7) is 4.62. The summed E-state index contributed by atoms with van der Waals surface area (Å²) in [6.07, 6.45) is 3.65. The highest BCUT2D eigenvalue weighted by Gasteiger charge is 2.44. The van der Waals surface area contributed by atoms with Gasteiger partial charge in [-0.25, -0.2) is 4.79 Å². The number of aryl methyl sites for hydroxylation is 1. The van der Waals surface area contributed by atoms with E-state index in [0.717, 1.165) is 35.2 Å². The number of thioether (sulfide) groups is 1. The second-order valence-corrected chi connectivity index (χ2v) is 8.27. The number of nitrogens with zero attached hydrogens (tertiary/aromatic N) is 2. The van der Waals surface area contributed by atoms with Crippen molar-refractivity contribution in [2.45, 2.75) is 44.8 Å². The van der Waals surface area contributed by atoms with Crippen molar-refractivity contribution in [2.24, 2.45) is 0 Å². The van der Waals surface area contributed by atoms with E-state index >= 15 is 0 Å². The van der Waals surface area contributed by atoms with E-state index in [1.807, 2.05) is 43.5 Å². The van der Waals surface area contributed by atoms with Gasteiger partial charge in [0.05, 0.1) is 18.5 Å². The van der Waals surface area contributed by atoms with Crippen LogP contribution in [-0.4, -0.2) is 45.6 Å². The lowest BCUT2D eigenvalue weighted by atomic mass is 10.1. The van der Waals surface area contributed by atoms with Crippen LogP contribution in [0.15, 0.2) is 42.6 Å². The Hall–Kier alpha value is -2.87. The second kappa shape index (κ2) is 10.9. The van der Waals surface area contributed by atoms with E-state index in [1.165, 1.54) is 5.56 Å². The molecule has 1 unspecified atom stereocenters. The minimum absolute atomic E-state index is 0.173. The van der Waals surface area contributed by atoms with Crippen LogP contribution in [0.2, 0.25) is 0 Å². The third kappa shape index (κ3) is 6.07. The lowest BCUT2D eigenvalue weighted by molar-refractivity contribution is -0.125. The number of carbonyl (C=O) groups excluding carboxylic acids is 3.